The third kappa shape index (κ3) is 7.84. The highest BCUT2D eigenvalue weighted by molar-refractivity contribution is 5.90. The van der Waals surface area contributed by atoms with Crippen LogP contribution < -0.4 is 10.6 Å². The minimum absolute atomic E-state index is 0.110. The Morgan fingerprint density at radius 2 is 1.66 bits per heavy atom. The van der Waals surface area contributed by atoms with Crippen molar-refractivity contribution in [1.29, 1.82) is 0 Å². The Morgan fingerprint density at radius 1 is 1.00 bits per heavy atom. The van der Waals surface area contributed by atoms with Gasteiger partial charge in [-0.25, -0.2) is 4.79 Å². The smallest absolute Gasteiger partial charge is 0.322 e. The molecule has 7 nitrogen and oxygen atoms in total. The van der Waals surface area contributed by atoms with Gasteiger partial charge in [-0.3, -0.25) is 9.59 Å². The first-order chi connectivity index (χ1) is 16.5. The number of hydrogen-bond acceptors (Lipinski definition) is 3. The van der Waals surface area contributed by atoms with Crippen LogP contribution in [0.15, 0.2) is 54.6 Å². The zero-order chi connectivity index (χ0) is 25.6. The van der Waals surface area contributed by atoms with E-state index in [-0.39, 0.29) is 29.3 Å². The van der Waals surface area contributed by atoms with E-state index in [2.05, 4.69) is 10.6 Å². The van der Waals surface area contributed by atoms with E-state index in [4.69, 9.17) is 0 Å². The molecule has 1 saturated heterocycles. The molecule has 1 fully saturated rings. The number of anilines is 1. The Hall–Kier alpha value is -3.35. The molecule has 0 spiro atoms. The van der Waals surface area contributed by atoms with Crippen molar-refractivity contribution in [2.24, 2.45) is 5.41 Å². The van der Waals surface area contributed by atoms with Crippen molar-refractivity contribution < 1.29 is 14.4 Å². The summed E-state index contributed by atoms with van der Waals surface area (Å²) in [7, 11) is 0. The van der Waals surface area contributed by atoms with E-state index in [0.717, 1.165) is 16.8 Å². The van der Waals surface area contributed by atoms with Gasteiger partial charge in [0.15, 0.2) is 0 Å². The molecule has 2 unspecified atom stereocenters. The van der Waals surface area contributed by atoms with Crippen molar-refractivity contribution >= 4 is 23.5 Å². The van der Waals surface area contributed by atoms with Gasteiger partial charge < -0.3 is 20.4 Å². The van der Waals surface area contributed by atoms with Crippen molar-refractivity contribution in [3.05, 3.63) is 65.7 Å². The van der Waals surface area contributed by atoms with Gasteiger partial charge in [-0.15, -0.1) is 0 Å². The Balaban J connectivity index is 1.65. The summed E-state index contributed by atoms with van der Waals surface area (Å²) in [5.41, 5.74) is 2.69. The molecule has 1 heterocycles. The molecule has 0 saturated carbocycles. The normalized spacial score (nSPS) is 17.0. The summed E-state index contributed by atoms with van der Waals surface area (Å²) in [6.45, 7) is 11.2. The van der Waals surface area contributed by atoms with Crippen LogP contribution in [0.4, 0.5) is 10.5 Å². The summed E-state index contributed by atoms with van der Waals surface area (Å²) in [6.07, 6.45) is 0.771. The summed E-state index contributed by atoms with van der Waals surface area (Å²) in [6, 6.07) is 16.4. The molecule has 0 radical (unpaired) electrons. The van der Waals surface area contributed by atoms with Gasteiger partial charge in [-0.1, -0.05) is 68.8 Å². The van der Waals surface area contributed by atoms with Crippen molar-refractivity contribution in [2.75, 3.05) is 25.0 Å². The third-order valence-corrected chi connectivity index (χ3v) is 6.11. The van der Waals surface area contributed by atoms with E-state index in [1.54, 1.807) is 9.80 Å². The lowest BCUT2D eigenvalue weighted by atomic mass is 9.91. The van der Waals surface area contributed by atoms with Crippen LogP contribution in [0, 0.1) is 12.3 Å². The second-order valence-electron chi connectivity index (χ2n) is 10.7. The largest absolute Gasteiger partial charge is 0.344 e. The van der Waals surface area contributed by atoms with Gasteiger partial charge in [0.1, 0.15) is 6.04 Å². The molecule has 3 rings (SSSR count). The van der Waals surface area contributed by atoms with Crippen LogP contribution in [0.5, 0.6) is 0 Å². The molecule has 35 heavy (non-hydrogen) atoms. The number of nitrogens with one attached hydrogen (secondary N) is 2. The highest BCUT2D eigenvalue weighted by Gasteiger charge is 2.34. The van der Waals surface area contributed by atoms with Gasteiger partial charge >= 0.3 is 6.03 Å². The predicted octanol–water partition coefficient (Wildman–Crippen LogP) is 4.22. The molecule has 1 aliphatic rings. The average Bonchev–Trinajstić information content (AvgIpc) is 2.79. The van der Waals surface area contributed by atoms with Crippen LogP contribution in [0.3, 0.4) is 0 Å². The molecule has 2 atom stereocenters. The fourth-order valence-corrected chi connectivity index (χ4v) is 4.29. The molecule has 2 aromatic rings. The van der Waals surface area contributed by atoms with Gasteiger partial charge in [0, 0.05) is 44.2 Å². The molecular formula is C28H38N4O3. The number of amides is 4. The van der Waals surface area contributed by atoms with Crippen LogP contribution in [0.2, 0.25) is 0 Å². The number of piperazine rings is 1. The maximum atomic E-state index is 13.5. The Morgan fingerprint density at radius 3 is 2.26 bits per heavy atom. The summed E-state index contributed by atoms with van der Waals surface area (Å²) in [5, 5.41) is 5.93. The number of nitrogens with zero attached hydrogens (tertiary/aromatic N) is 2. The molecule has 0 aliphatic carbocycles. The molecule has 7 heteroatoms. The summed E-state index contributed by atoms with van der Waals surface area (Å²) >= 11 is 0. The van der Waals surface area contributed by atoms with Gasteiger partial charge in [-0.2, -0.15) is 0 Å². The van der Waals surface area contributed by atoms with Crippen LogP contribution in [-0.4, -0.2) is 59.4 Å². The minimum Gasteiger partial charge on any atom is -0.344 e. The lowest BCUT2D eigenvalue weighted by Gasteiger charge is -2.41. The number of hydrogen-bond donors (Lipinski definition) is 2. The molecule has 1 aliphatic heterocycles. The van der Waals surface area contributed by atoms with Crippen molar-refractivity contribution in [1.82, 2.24) is 15.1 Å². The molecule has 2 N–H and O–H groups in total. The van der Waals surface area contributed by atoms with E-state index >= 15 is 0 Å². The van der Waals surface area contributed by atoms with Crippen LogP contribution >= 0.6 is 0 Å². The van der Waals surface area contributed by atoms with Crippen molar-refractivity contribution in [2.45, 2.75) is 59.5 Å². The molecule has 0 bridgehead atoms. The average molecular weight is 479 g/mol. The lowest BCUT2D eigenvalue weighted by molar-refractivity contribution is -0.138. The molecular weight excluding hydrogens is 440 g/mol. The molecule has 188 valence electrons. The van der Waals surface area contributed by atoms with Crippen LogP contribution in [-0.2, 0) is 16.0 Å². The first kappa shape index (κ1) is 26.3. The fraction of sp³-hybridized carbons (Fsp3) is 0.464. The maximum absolute atomic E-state index is 13.5. The van der Waals surface area contributed by atoms with Gasteiger partial charge in [-0.05, 0) is 37.0 Å². The maximum Gasteiger partial charge on any atom is 0.322 e. The minimum atomic E-state index is -0.646. The van der Waals surface area contributed by atoms with Gasteiger partial charge in [0.05, 0.1) is 0 Å². The van der Waals surface area contributed by atoms with Gasteiger partial charge in [0.2, 0.25) is 11.8 Å². The topological polar surface area (TPSA) is 81.8 Å². The Kier molecular flexibility index (Phi) is 8.54. The zero-order valence-corrected chi connectivity index (χ0v) is 21.5. The van der Waals surface area contributed by atoms with Gasteiger partial charge in [0.25, 0.3) is 0 Å². The number of benzene rings is 2. The number of carbonyl (C=O) groups is 3. The lowest BCUT2D eigenvalue weighted by Crippen LogP contribution is -2.60. The second-order valence-corrected chi connectivity index (χ2v) is 10.7. The number of rotatable bonds is 6. The summed E-state index contributed by atoms with van der Waals surface area (Å²) in [5.74, 6) is -0.238. The quantitative estimate of drug-likeness (QED) is 0.652. The third-order valence-electron chi connectivity index (χ3n) is 6.11. The van der Waals surface area contributed by atoms with Crippen molar-refractivity contribution in [3.63, 3.8) is 0 Å². The number of aryl methyl sites for hydroxylation is 1. The Labute approximate surface area is 208 Å². The number of urea groups is 1. The second kappa shape index (κ2) is 11.4. The van der Waals surface area contributed by atoms with E-state index in [9.17, 15) is 14.4 Å². The zero-order valence-electron chi connectivity index (χ0n) is 21.5. The van der Waals surface area contributed by atoms with E-state index in [1.165, 1.54) is 0 Å². The van der Waals surface area contributed by atoms with E-state index < -0.39 is 6.04 Å². The number of carbonyl (C=O) groups excluding carboxylic acids is 3. The highest BCUT2D eigenvalue weighted by Crippen LogP contribution is 2.19. The Bertz CT molecular complexity index is 1010. The van der Waals surface area contributed by atoms with Crippen LogP contribution in [0.25, 0.3) is 0 Å². The molecule has 0 aromatic heterocycles. The monoisotopic (exact) mass is 478 g/mol. The summed E-state index contributed by atoms with van der Waals surface area (Å²) < 4.78 is 0. The van der Waals surface area contributed by atoms with E-state index in [1.807, 2.05) is 89.2 Å². The SMILES string of the molecule is Cc1ccc(NC(=O)N2CCN(C(=O)C(Cc3ccccc3)NC(=O)CC(C)(C)C)CC2C)cc1. The fourth-order valence-electron chi connectivity index (χ4n) is 4.29. The van der Waals surface area contributed by atoms with Crippen molar-refractivity contribution in [3.8, 4) is 0 Å². The van der Waals surface area contributed by atoms with E-state index in [0.29, 0.717) is 32.5 Å². The highest BCUT2D eigenvalue weighted by atomic mass is 16.2. The summed E-state index contributed by atoms with van der Waals surface area (Å²) in [4.78, 5) is 42.6. The predicted molar refractivity (Wildman–Crippen MR) is 139 cm³/mol. The first-order valence-electron chi connectivity index (χ1n) is 12.3. The van der Waals surface area contributed by atoms with Crippen LogP contribution in [0.1, 0.15) is 45.2 Å². The molecule has 4 amide bonds. The first-order valence-corrected chi connectivity index (χ1v) is 12.3. The molecule has 2 aromatic carbocycles. The standard InChI is InChI=1S/C28H38N4O3/c1-20-11-13-23(14-12-20)29-27(35)32-16-15-31(19-21(32)2)26(34)24(17-22-9-7-6-8-10-22)30-25(33)18-28(3,4)5/h6-14,21,24H,15-19H2,1-5H3,(H,29,35)(H,30,33).